The van der Waals surface area contributed by atoms with E-state index in [1.54, 1.807) is 43.3 Å². The monoisotopic (exact) mass is 472 g/mol. The van der Waals surface area contributed by atoms with Gasteiger partial charge in [0.15, 0.2) is 17.6 Å². The average molecular weight is 472 g/mol. The summed E-state index contributed by atoms with van der Waals surface area (Å²) in [6.07, 6.45) is -1.12. The van der Waals surface area contributed by atoms with Crippen LogP contribution in [0.2, 0.25) is 0 Å². The zero-order chi connectivity index (χ0) is 24.7. The SMILES string of the molecule is Cc1ccccc1N1C(=O)c2ccc(C(=O)OC(C)C(=O)Nc3ccc4c(c3)OCO4)cc2C1=O. The van der Waals surface area contributed by atoms with Crippen LogP contribution in [0.5, 0.6) is 11.5 Å². The number of esters is 1. The quantitative estimate of drug-likeness (QED) is 0.445. The second-order valence-electron chi connectivity index (χ2n) is 8.10. The molecule has 176 valence electrons. The molecule has 0 spiro atoms. The lowest BCUT2D eigenvalue weighted by molar-refractivity contribution is -0.123. The first-order valence-electron chi connectivity index (χ1n) is 10.8. The summed E-state index contributed by atoms with van der Waals surface area (Å²) in [5, 5.41) is 2.65. The third kappa shape index (κ3) is 3.97. The number of fused-ring (bicyclic) bond motifs is 2. The van der Waals surface area contributed by atoms with Gasteiger partial charge in [-0.15, -0.1) is 0 Å². The van der Waals surface area contributed by atoms with Gasteiger partial charge in [-0.05, 0) is 55.8 Å². The zero-order valence-electron chi connectivity index (χ0n) is 18.9. The number of benzene rings is 3. The van der Waals surface area contributed by atoms with E-state index in [2.05, 4.69) is 5.32 Å². The Kier molecular flexibility index (Phi) is 5.44. The van der Waals surface area contributed by atoms with Crippen molar-refractivity contribution in [2.24, 2.45) is 0 Å². The molecule has 3 amide bonds. The van der Waals surface area contributed by atoms with Crippen LogP contribution in [0.4, 0.5) is 11.4 Å². The number of hydrogen-bond donors (Lipinski definition) is 1. The van der Waals surface area contributed by atoms with E-state index in [0.29, 0.717) is 22.9 Å². The molecule has 1 unspecified atom stereocenters. The van der Waals surface area contributed by atoms with E-state index >= 15 is 0 Å². The van der Waals surface area contributed by atoms with E-state index in [-0.39, 0.29) is 23.5 Å². The van der Waals surface area contributed by atoms with Gasteiger partial charge in [0.25, 0.3) is 17.7 Å². The van der Waals surface area contributed by atoms with E-state index in [0.717, 1.165) is 10.5 Å². The highest BCUT2D eigenvalue weighted by atomic mass is 16.7. The average Bonchev–Trinajstić information content (AvgIpc) is 3.41. The minimum absolute atomic E-state index is 0.0549. The van der Waals surface area contributed by atoms with Crippen molar-refractivity contribution in [3.8, 4) is 11.5 Å². The summed E-state index contributed by atoms with van der Waals surface area (Å²) < 4.78 is 15.8. The Bertz CT molecular complexity index is 1400. The van der Waals surface area contributed by atoms with Crippen LogP contribution in [0.25, 0.3) is 0 Å². The van der Waals surface area contributed by atoms with Crippen molar-refractivity contribution in [2.75, 3.05) is 17.0 Å². The van der Waals surface area contributed by atoms with Gasteiger partial charge >= 0.3 is 5.97 Å². The van der Waals surface area contributed by atoms with Crippen molar-refractivity contribution in [3.05, 3.63) is 82.9 Å². The number of para-hydroxylation sites is 1. The number of rotatable bonds is 5. The van der Waals surface area contributed by atoms with Crippen molar-refractivity contribution in [1.82, 2.24) is 0 Å². The molecule has 9 nitrogen and oxygen atoms in total. The first-order valence-corrected chi connectivity index (χ1v) is 10.8. The van der Waals surface area contributed by atoms with Gasteiger partial charge in [-0.3, -0.25) is 14.4 Å². The number of ether oxygens (including phenoxy) is 3. The molecule has 0 aromatic heterocycles. The fraction of sp³-hybridized carbons (Fsp3) is 0.154. The number of aryl methyl sites for hydroxylation is 1. The zero-order valence-corrected chi connectivity index (χ0v) is 18.9. The molecule has 35 heavy (non-hydrogen) atoms. The number of amides is 3. The standard InChI is InChI=1S/C26H20N2O7/c1-14-5-3-4-6-20(14)28-24(30)18-9-7-16(11-19(18)25(28)31)26(32)35-15(2)23(29)27-17-8-10-21-22(12-17)34-13-33-21/h3-12,15H,13H2,1-2H3,(H,27,29). The van der Waals surface area contributed by atoms with Crippen molar-refractivity contribution < 1.29 is 33.4 Å². The highest BCUT2D eigenvalue weighted by Gasteiger charge is 2.38. The first kappa shape index (κ1) is 22.1. The lowest BCUT2D eigenvalue weighted by atomic mass is 10.1. The predicted molar refractivity (Wildman–Crippen MR) is 125 cm³/mol. The van der Waals surface area contributed by atoms with Crippen molar-refractivity contribution in [1.29, 1.82) is 0 Å². The summed E-state index contributed by atoms with van der Waals surface area (Å²) >= 11 is 0. The van der Waals surface area contributed by atoms with Crippen LogP contribution in [0, 0.1) is 6.92 Å². The number of hydrogen-bond acceptors (Lipinski definition) is 7. The fourth-order valence-electron chi connectivity index (χ4n) is 3.90. The Morgan fingerprint density at radius 1 is 0.943 bits per heavy atom. The molecule has 0 bridgehead atoms. The molecule has 3 aromatic carbocycles. The first-order chi connectivity index (χ1) is 16.8. The normalized spacial score (nSPS) is 14.5. The molecule has 9 heteroatoms. The lowest BCUT2D eigenvalue weighted by Crippen LogP contribution is -2.30. The third-order valence-corrected chi connectivity index (χ3v) is 5.77. The number of nitrogens with one attached hydrogen (secondary N) is 1. The van der Waals surface area contributed by atoms with Crippen LogP contribution >= 0.6 is 0 Å². The Labute approximate surface area is 200 Å². The minimum Gasteiger partial charge on any atom is -0.454 e. The minimum atomic E-state index is -1.12. The molecule has 2 heterocycles. The summed E-state index contributed by atoms with van der Waals surface area (Å²) in [6, 6.07) is 16.1. The van der Waals surface area contributed by atoms with Gasteiger partial charge in [0.2, 0.25) is 6.79 Å². The second kappa shape index (κ2) is 8.60. The maximum Gasteiger partial charge on any atom is 0.338 e. The van der Waals surface area contributed by atoms with Crippen LogP contribution in [0.15, 0.2) is 60.7 Å². The van der Waals surface area contributed by atoms with Crippen LogP contribution in [-0.2, 0) is 9.53 Å². The van der Waals surface area contributed by atoms with Gasteiger partial charge in [-0.2, -0.15) is 0 Å². The molecule has 0 fully saturated rings. The predicted octanol–water partition coefficient (Wildman–Crippen LogP) is 3.71. The van der Waals surface area contributed by atoms with Crippen LogP contribution in [0.1, 0.15) is 43.6 Å². The molecule has 1 N–H and O–H groups in total. The van der Waals surface area contributed by atoms with E-state index in [4.69, 9.17) is 14.2 Å². The Hall–Kier alpha value is -4.66. The summed E-state index contributed by atoms with van der Waals surface area (Å²) in [6.45, 7) is 3.35. The number of anilines is 2. The van der Waals surface area contributed by atoms with Crippen LogP contribution < -0.4 is 19.7 Å². The van der Waals surface area contributed by atoms with E-state index in [9.17, 15) is 19.2 Å². The molecule has 0 radical (unpaired) electrons. The summed E-state index contributed by atoms with van der Waals surface area (Å²) in [4.78, 5) is 52.2. The van der Waals surface area contributed by atoms with Crippen molar-refractivity contribution in [3.63, 3.8) is 0 Å². The van der Waals surface area contributed by atoms with E-state index in [1.807, 2.05) is 6.07 Å². The van der Waals surface area contributed by atoms with Gasteiger partial charge in [0, 0.05) is 11.8 Å². The van der Waals surface area contributed by atoms with E-state index in [1.165, 1.54) is 25.1 Å². The molecule has 3 aromatic rings. The Balaban J connectivity index is 1.29. The van der Waals surface area contributed by atoms with Gasteiger partial charge < -0.3 is 19.5 Å². The summed E-state index contributed by atoms with van der Waals surface area (Å²) in [7, 11) is 0. The van der Waals surface area contributed by atoms with Gasteiger partial charge in [0.05, 0.1) is 22.4 Å². The molecule has 0 aliphatic carbocycles. The number of imide groups is 1. The smallest absolute Gasteiger partial charge is 0.338 e. The summed E-state index contributed by atoms with van der Waals surface area (Å²) in [5.74, 6) is -1.25. The molecule has 5 rings (SSSR count). The van der Waals surface area contributed by atoms with Crippen LogP contribution in [-0.4, -0.2) is 36.6 Å². The van der Waals surface area contributed by atoms with Gasteiger partial charge in [0.1, 0.15) is 0 Å². The van der Waals surface area contributed by atoms with Crippen LogP contribution in [0.3, 0.4) is 0 Å². The molecular weight excluding hydrogens is 452 g/mol. The number of carbonyl (C=O) groups is 4. The number of carbonyl (C=O) groups excluding carboxylic acids is 4. The number of nitrogens with zero attached hydrogens (tertiary/aromatic N) is 1. The highest BCUT2D eigenvalue weighted by molar-refractivity contribution is 6.35. The van der Waals surface area contributed by atoms with Gasteiger partial charge in [-0.25, -0.2) is 9.69 Å². The van der Waals surface area contributed by atoms with E-state index < -0.39 is 29.8 Å². The second-order valence-corrected chi connectivity index (χ2v) is 8.10. The fourth-order valence-corrected chi connectivity index (χ4v) is 3.90. The topological polar surface area (TPSA) is 111 Å². The maximum absolute atomic E-state index is 13.0. The molecule has 2 aliphatic rings. The molecule has 1 atom stereocenters. The lowest BCUT2D eigenvalue weighted by Gasteiger charge is -2.16. The van der Waals surface area contributed by atoms with Crippen molar-refractivity contribution in [2.45, 2.75) is 20.0 Å². The molecule has 0 saturated heterocycles. The Morgan fingerprint density at radius 3 is 2.49 bits per heavy atom. The third-order valence-electron chi connectivity index (χ3n) is 5.77. The highest BCUT2D eigenvalue weighted by Crippen LogP contribution is 2.34. The molecular formula is C26H20N2O7. The van der Waals surface area contributed by atoms with Crippen molar-refractivity contribution >= 4 is 35.1 Å². The molecule has 0 saturated carbocycles. The Morgan fingerprint density at radius 2 is 1.69 bits per heavy atom. The maximum atomic E-state index is 13.0. The largest absolute Gasteiger partial charge is 0.454 e. The molecule has 2 aliphatic heterocycles. The van der Waals surface area contributed by atoms with Gasteiger partial charge in [-0.1, -0.05) is 18.2 Å². The summed E-state index contributed by atoms with van der Waals surface area (Å²) in [5.41, 5.74) is 2.06.